The van der Waals surface area contributed by atoms with Gasteiger partial charge in [-0.1, -0.05) is 6.08 Å². The normalized spacial score (nSPS) is 30.3. The largest absolute Gasteiger partial charge is 0.508 e. The molecule has 0 saturated heterocycles. The van der Waals surface area contributed by atoms with Crippen LogP contribution in [-0.2, 0) is 0 Å². The number of hydrogen-bond acceptors (Lipinski definition) is 3. The van der Waals surface area contributed by atoms with Gasteiger partial charge >= 0.3 is 0 Å². The lowest BCUT2D eigenvalue weighted by atomic mass is 9.86. The molecular formula is C12H20ClNO2. The Balaban J connectivity index is 2.76. The molecule has 0 fully saturated rings. The topological polar surface area (TPSA) is 52.5 Å². The first kappa shape index (κ1) is 13.6. The summed E-state index contributed by atoms with van der Waals surface area (Å²) < 4.78 is 0. The van der Waals surface area contributed by atoms with Crippen LogP contribution in [0.4, 0.5) is 0 Å². The lowest BCUT2D eigenvalue weighted by molar-refractivity contribution is 0.222. The van der Waals surface area contributed by atoms with Gasteiger partial charge in [0.1, 0.15) is 5.76 Å². The third kappa shape index (κ3) is 3.51. The van der Waals surface area contributed by atoms with Crippen LogP contribution in [0.5, 0.6) is 0 Å². The summed E-state index contributed by atoms with van der Waals surface area (Å²) in [6, 6.07) is 0. The first-order chi connectivity index (χ1) is 7.27. The molecule has 3 nitrogen and oxygen atoms in total. The molecule has 0 amide bonds. The van der Waals surface area contributed by atoms with Gasteiger partial charge in [-0.25, -0.2) is 0 Å². The van der Waals surface area contributed by atoms with Gasteiger partial charge < -0.3 is 15.5 Å². The minimum absolute atomic E-state index is 0.0321. The number of halogens is 1. The molecule has 0 spiro atoms. The maximum Gasteiger partial charge on any atom is 0.113 e. The maximum absolute atomic E-state index is 9.47. The molecule has 0 aliphatic heterocycles. The standard InChI is InChI=1S/C12H20ClNO2/c1-11(2,3)14-8-12(13)6-10(16)5-4-9(12)7-15/h4-6,9,14-16H,7-8H2,1-3H3. The molecule has 1 rings (SSSR count). The first-order valence-electron chi connectivity index (χ1n) is 5.42. The van der Waals surface area contributed by atoms with Crippen LogP contribution in [0, 0.1) is 5.92 Å². The van der Waals surface area contributed by atoms with Crippen molar-refractivity contribution in [1.82, 2.24) is 5.32 Å². The summed E-state index contributed by atoms with van der Waals surface area (Å²) in [5.41, 5.74) is -0.0491. The predicted molar refractivity (Wildman–Crippen MR) is 66.8 cm³/mol. The molecule has 92 valence electrons. The second-order valence-corrected chi connectivity index (χ2v) is 5.95. The SMILES string of the molecule is CC(C)(C)NCC1(Cl)C=C(O)C=CC1CO. The third-order valence-corrected chi connectivity index (χ3v) is 3.11. The summed E-state index contributed by atoms with van der Waals surface area (Å²) in [4.78, 5) is -0.763. The highest BCUT2D eigenvalue weighted by atomic mass is 35.5. The van der Waals surface area contributed by atoms with E-state index in [2.05, 4.69) is 5.32 Å². The Morgan fingerprint density at radius 3 is 2.62 bits per heavy atom. The van der Waals surface area contributed by atoms with E-state index in [0.29, 0.717) is 6.54 Å². The van der Waals surface area contributed by atoms with Crippen LogP contribution in [-0.4, -0.2) is 33.8 Å². The van der Waals surface area contributed by atoms with Gasteiger partial charge in [0.2, 0.25) is 0 Å². The minimum atomic E-state index is -0.763. The van der Waals surface area contributed by atoms with Crippen molar-refractivity contribution in [3.63, 3.8) is 0 Å². The van der Waals surface area contributed by atoms with Crippen molar-refractivity contribution in [3.8, 4) is 0 Å². The van der Waals surface area contributed by atoms with Crippen molar-refractivity contribution in [1.29, 1.82) is 0 Å². The van der Waals surface area contributed by atoms with Crippen molar-refractivity contribution >= 4 is 11.6 Å². The minimum Gasteiger partial charge on any atom is -0.508 e. The predicted octanol–water partition coefficient (Wildman–Crippen LogP) is 1.97. The van der Waals surface area contributed by atoms with Gasteiger partial charge in [0.05, 0.1) is 11.5 Å². The Morgan fingerprint density at radius 1 is 1.50 bits per heavy atom. The van der Waals surface area contributed by atoms with Gasteiger partial charge in [-0.05, 0) is 32.9 Å². The van der Waals surface area contributed by atoms with E-state index in [0.717, 1.165) is 0 Å². The molecule has 3 N–H and O–H groups in total. The summed E-state index contributed by atoms with van der Waals surface area (Å²) in [6.07, 6.45) is 4.90. The molecule has 0 saturated carbocycles. The summed E-state index contributed by atoms with van der Waals surface area (Å²) in [6.45, 7) is 6.60. The quantitative estimate of drug-likeness (QED) is 0.667. The van der Waals surface area contributed by atoms with E-state index in [1.165, 1.54) is 0 Å². The molecule has 2 unspecified atom stereocenters. The molecule has 2 atom stereocenters. The number of allylic oxidation sites excluding steroid dienone is 1. The van der Waals surface area contributed by atoms with Gasteiger partial charge in [-0.3, -0.25) is 0 Å². The lowest BCUT2D eigenvalue weighted by Crippen LogP contribution is -2.48. The van der Waals surface area contributed by atoms with E-state index in [1.54, 1.807) is 18.2 Å². The van der Waals surface area contributed by atoms with E-state index < -0.39 is 4.87 Å². The molecule has 0 aromatic heterocycles. The Hall–Kier alpha value is -0.510. The van der Waals surface area contributed by atoms with Crippen LogP contribution in [0.3, 0.4) is 0 Å². The van der Waals surface area contributed by atoms with Crippen LogP contribution in [0.15, 0.2) is 24.0 Å². The highest BCUT2D eigenvalue weighted by Gasteiger charge is 2.36. The number of rotatable bonds is 3. The van der Waals surface area contributed by atoms with Crippen LogP contribution >= 0.6 is 11.6 Å². The molecule has 0 bridgehead atoms. The maximum atomic E-state index is 9.47. The molecule has 0 heterocycles. The van der Waals surface area contributed by atoms with E-state index in [9.17, 15) is 10.2 Å². The van der Waals surface area contributed by atoms with Gasteiger partial charge in [-0.2, -0.15) is 0 Å². The Bertz CT molecular complexity index is 307. The van der Waals surface area contributed by atoms with Crippen molar-refractivity contribution in [2.75, 3.05) is 13.2 Å². The summed E-state index contributed by atoms with van der Waals surface area (Å²) in [7, 11) is 0. The van der Waals surface area contributed by atoms with Crippen LogP contribution in [0.2, 0.25) is 0 Å². The highest BCUT2D eigenvalue weighted by Crippen LogP contribution is 2.32. The number of hydrogen-bond donors (Lipinski definition) is 3. The smallest absolute Gasteiger partial charge is 0.113 e. The summed E-state index contributed by atoms with van der Waals surface area (Å²) in [5.74, 6) is -0.0321. The van der Waals surface area contributed by atoms with Crippen LogP contribution < -0.4 is 5.32 Å². The molecule has 0 aromatic rings. The zero-order valence-electron chi connectivity index (χ0n) is 10.00. The summed E-state index contributed by atoms with van der Waals surface area (Å²) in [5, 5.41) is 22.0. The average molecular weight is 246 g/mol. The molecule has 0 radical (unpaired) electrons. The van der Waals surface area contributed by atoms with Crippen molar-refractivity contribution in [3.05, 3.63) is 24.0 Å². The zero-order chi connectivity index (χ0) is 12.4. The molecule has 4 heteroatoms. The Labute approximate surface area is 102 Å². The number of nitrogens with one attached hydrogen (secondary N) is 1. The third-order valence-electron chi connectivity index (χ3n) is 2.59. The Kier molecular flexibility index (Phi) is 4.05. The van der Waals surface area contributed by atoms with E-state index in [-0.39, 0.29) is 23.8 Å². The average Bonchev–Trinajstić information content (AvgIpc) is 2.14. The van der Waals surface area contributed by atoms with E-state index in [4.69, 9.17) is 11.6 Å². The molecule has 16 heavy (non-hydrogen) atoms. The van der Waals surface area contributed by atoms with Crippen molar-refractivity contribution < 1.29 is 10.2 Å². The Morgan fingerprint density at radius 2 is 2.12 bits per heavy atom. The van der Waals surface area contributed by atoms with Crippen LogP contribution in [0.25, 0.3) is 0 Å². The second-order valence-electron chi connectivity index (χ2n) is 5.25. The number of aliphatic hydroxyl groups is 2. The lowest BCUT2D eigenvalue weighted by Gasteiger charge is -2.35. The molecule has 0 aromatic carbocycles. The van der Waals surface area contributed by atoms with Crippen LogP contribution in [0.1, 0.15) is 20.8 Å². The number of aliphatic hydroxyl groups excluding tert-OH is 2. The fourth-order valence-electron chi connectivity index (χ4n) is 1.57. The van der Waals surface area contributed by atoms with Gasteiger partial charge in [-0.15, -0.1) is 11.6 Å². The summed E-state index contributed by atoms with van der Waals surface area (Å²) >= 11 is 6.43. The number of alkyl halides is 1. The van der Waals surface area contributed by atoms with Crippen molar-refractivity contribution in [2.24, 2.45) is 5.92 Å². The molecule has 1 aliphatic carbocycles. The van der Waals surface area contributed by atoms with Gasteiger partial charge in [0.15, 0.2) is 0 Å². The second kappa shape index (κ2) is 4.78. The molecular weight excluding hydrogens is 226 g/mol. The van der Waals surface area contributed by atoms with E-state index in [1.807, 2.05) is 20.8 Å². The van der Waals surface area contributed by atoms with Gasteiger partial charge in [0.25, 0.3) is 0 Å². The monoisotopic (exact) mass is 245 g/mol. The highest BCUT2D eigenvalue weighted by molar-refractivity contribution is 6.26. The first-order valence-corrected chi connectivity index (χ1v) is 5.79. The van der Waals surface area contributed by atoms with Crippen molar-refractivity contribution in [2.45, 2.75) is 31.2 Å². The fourth-order valence-corrected chi connectivity index (χ4v) is 1.89. The fraction of sp³-hybridized carbons (Fsp3) is 0.667. The van der Waals surface area contributed by atoms with E-state index >= 15 is 0 Å². The van der Waals surface area contributed by atoms with Gasteiger partial charge in [0, 0.05) is 18.0 Å². The molecule has 1 aliphatic rings. The zero-order valence-corrected chi connectivity index (χ0v) is 10.8.